The molecule has 5 heteroatoms. The zero-order valence-electron chi connectivity index (χ0n) is 11.0. The summed E-state index contributed by atoms with van der Waals surface area (Å²) in [5, 5.41) is 8.12. The first-order valence-corrected chi connectivity index (χ1v) is 6.84. The smallest absolute Gasteiger partial charge is 0.155 e. The van der Waals surface area contributed by atoms with Crippen LogP contribution in [0.15, 0.2) is 12.3 Å². The minimum atomic E-state index is 0.0773. The van der Waals surface area contributed by atoms with Crippen LogP contribution in [0.25, 0.3) is 10.6 Å². The maximum absolute atomic E-state index is 11.6. The van der Waals surface area contributed by atoms with E-state index in [4.69, 9.17) is 6.42 Å². The molecule has 2 heterocycles. The molecule has 0 aromatic carbocycles. The minimum Gasteiger partial charge on any atom is -0.298 e. The number of ketones is 1. The normalized spacial score (nSPS) is 10.4. The Bertz CT molecular complexity index is 633. The summed E-state index contributed by atoms with van der Waals surface area (Å²) < 4.78 is 1.57. The van der Waals surface area contributed by atoms with Crippen LogP contribution in [0, 0.1) is 26.2 Å². The maximum Gasteiger partial charge on any atom is 0.155 e. The summed E-state index contributed by atoms with van der Waals surface area (Å²) >= 11 is 1.69. The van der Waals surface area contributed by atoms with Gasteiger partial charge in [-0.1, -0.05) is 5.21 Å². The van der Waals surface area contributed by atoms with Crippen LogP contribution in [0.4, 0.5) is 0 Å². The molecule has 0 radical (unpaired) electrons. The van der Waals surface area contributed by atoms with Crippen LogP contribution in [0.3, 0.4) is 0 Å². The van der Waals surface area contributed by atoms with Gasteiger partial charge in [0.25, 0.3) is 0 Å². The zero-order valence-corrected chi connectivity index (χ0v) is 11.8. The van der Waals surface area contributed by atoms with Crippen molar-refractivity contribution in [2.75, 3.05) is 0 Å². The molecule has 0 bridgehead atoms. The number of thiophene rings is 1. The van der Waals surface area contributed by atoms with Gasteiger partial charge in [0.2, 0.25) is 0 Å². The van der Waals surface area contributed by atoms with E-state index >= 15 is 0 Å². The van der Waals surface area contributed by atoms with Crippen molar-refractivity contribution < 1.29 is 4.79 Å². The molecule has 98 valence electrons. The van der Waals surface area contributed by atoms with Gasteiger partial charge in [-0.05, 0) is 25.5 Å². The Morgan fingerprint density at radius 1 is 1.53 bits per heavy atom. The number of hydrogen-bond donors (Lipinski definition) is 0. The molecule has 0 fully saturated rings. The van der Waals surface area contributed by atoms with Crippen LogP contribution >= 0.6 is 11.3 Å². The minimum absolute atomic E-state index is 0.0773. The van der Waals surface area contributed by atoms with Gasteiger partial charge in [-0.25, -0.2) is 4.68 Å². The van der Waals surface area contributed by atoms with Crippen molar-refractivity contribution in [1.82, 2.24) is 15.0 Å². The molecule has 0 unspecified atom stereocenters. The van der Waals surface area contributed by atoms with Crippen molar-refractivity contribution in [3.8, 4) is 22.9 Å². The van der Waals surface area contributed by atoms with E-state index in [0.717, 1.165) is 10.6 Å². The summed E-state index contributed by atoms with van der Waals surface area (Å²) in [6.07, 6.45) is 7.81. The lowest BCUT2D eigenvalue weighted by Crippen LogP contribution is -2.10. The molecule has 0 saturated heterocycles. The highest BCUT2D eigenvalue weighted by Crippen LogP contribution is 2.30. The Hall–Kier alpha value is -1.93. The summed E-state index contributed by atoms with van der Waals surface area (Å²) in [4.78, 5) is 14.0. The van der Waals surface area contributed by atoms with Crippen LogP contribution < -0.4 is 0 Å². The summed E-state index contributed by atoms with van der Waals surface area (Å²) in [5.74, 6) is 2.54. The molecule has 0 aliphatic rings. The maximum atomic E-state index is 11.6. The SMILES string of the molecule is C#CCCC(=O)Cn1cc(-c2sc(C)cc2C)nn1. The number of carbonyl (C=O) groups is 1. The third kappa shape index (κ3) is 3.30. The van der Waals surface area contributed by atoms with E-state index in [1.54, 1.807) is 16.0 Å². The van der Waals surface area contributed by atoms with Crippen molar-refractivity contribution in [2.45, 2.75) is 33.2 Å². The van der Waals surface area contributed by atoms with Crippen LogP contribution in [0.2, 0.25) is 0 Å². The molecule has 0 atom stereocenters. The number of aromatic nitrogens is 3. The summed E-state index contributed by atoms with van der Waals surface area (Å²) in [5.41, 5.74) is 2.01. The average Bonchev–Trinajstić information content (AvgIpc) is 2.93. The van der Waals surface area contributed by atoms with Gasteiger partial charge in [0, 0.05) is 17.7 Å². The number of aryl methyl sites for hydroxylation is 2. The number of Topliss-reactive ketones (excluding diaryl/α,β-unsaturated/α-hetero) is 1. The van der Waals surface area contributed by atoms with Gasteiger partial charge in [0.05, 0.1) is 11.1 Å². The highest BCUT2D eigenvalue weighted by atomic mass is 32.1. The third-order valence-corrected chi connectivity index (χ3v) is 3.87. The van der Waals surface area contributed by atoms with Gasteiger partial charge in [-0.15, -0.1) is 28.8 Å². The van der Waals surface area contributed by atoms with E-state index in [1.165, 1.54) is 10.4 Å². The van der Waals surface area contributed by atoms with Gasteiger partial charge in [-0.2, -0.15) is 0 Å². The Morgan fingerprint density at radius 3 is 2.95 bits per heavy atom. The van der Waals surface area contributed by atoms with Crippen molar-refractivity contribution in [3.63, 3.8) is 0 Å². The number of carbonyl (C=O) groups excluding carboxylic acids is 1. The number of nitrogens with zero attached hydrogens (tertiary/aromatic N) is 3. The number of terminal acetylenes is 1. The fourth-order valence-corrected chi connectivity index (χ4v) is 2.82. The molecule has 0 aliphatic heterocycles. The van der Waals surface area contributed by atoms with Crippen molar-refractivity contribution in [3.05, 3.63) is 22.7 Å². The Labute approximate surface area is 116 Å². The largest absolute Gasteiger partial charge is 0.298 e. The molecular formula is C14H15N3OS. The van der Waals surface area contributed by atoms with Crippen LogP contribution in [0.1, 0.15) is 23.3 Å². The van der Waals surface area contributed by atoms with Gasteiger partial charge in [-0.3, -0.25) is 4.79 Å². The zero-order chi connectivity index (χ0) is 13.8. The summed E-state index contributed by atoms with van der Waals surface area (Å²) in [6.45, 7) is 4.35. The molecule has 2 rings (SSSR count). The monoisotopic (exact) mass is 273 g/mol. The first kappa shape index (κ1) is 13.5. The van der Waals surface area contributed by atoms with Gasteiger partial charge >= 0.3 is 0 Å². The van der Waals surface area contributed by atoms with Crippen LogP contribution in [0.5, 0.6) is 0 Å². The van der Waals surface area contributed by atoms with Crippen LogP contribution in [-0.2, 0) is 11.3 Å². The second kappa shape index (κ2) is 5.81. The molecule has 2 aromatic rings. The number of hydrogen-bond acceptors (Lipinski definition) is 4. The first-order valence-electron chi connectivity index (χ1n) is 6.03. The Kier molecular flexibility index (Phi) is 4.13. The predicted molar refractivity (Wildman–Crippen MR) is 75.9 cm³/mol. The Morgan fingerprint density at radius 2 is 2.32 bits per heavy atom. The van der Waals surface area contributed by atoms with Crippen LogP contribution in [-0.4, -0.2) is 20.8 Å². The molecule has 0 saturated carbocycles. The second-order valence-electron chi connectivity index (χ2n) is 4.41. The molecule has 0 amide bonds. The molecule has 0 aliphatic carbocycles. The molecule has 4 nitrogen and oxygen atoms in total. The highest BCUT2D eigenvalue weighted by molar-refractivity contribution is 7.15. The molecule has 19 heavy (non-hydrogen) atoms. The average molecular weight is 273 g/mol. The molecule has 0 N–H and O–H groups in total. The summed E-state index contributed by atoms with van der Waals surface area (Å²) in [7, 11) is 0. The van der Waals surface area contributed by atoms with Gasteiger partial charge in [0.15, 0.2) is 5.78 Å². The number of rotatable bonds is 5. The lowest BCUT2D eigenvalue weighted by Gasteiger charge is -1.97. The third-order valence-electron chi connectivity index (χ3n) is 2.70. The second-order valence-corrected chi connectivity index (χ2v) is 5.67. The van der Waals surface area contributed by atoms with E-state index in [9.17, 15) is 4.79 Å². The standard InChI is InChI=1S/C14H15N3OS/c1-4-5-6-12(18)8-17-9-13(15-16-17)14-10(2)7-11(3)19-14/h1,7,9H,5-6,8H2,2-3H3. The lowest BCUT2D eigenvalue weighted by atomic mass is 10.2. The van der Waals surface area contributed by atoms with E-state index in [-0.39, 0.29) is 12.3 Å². The van der Waals surface area contributed by atoms with Crippen molar-refractivity contribution in [2.24, 2.45) is 0 Å². The first-order chi connectivity index (χ1) is 9.10. The van der Waals surface area contributed by atoms with E-state index < -0.39 is 0 Å². The predicted octanol–water partition coefficient (Wildman–Crippen LogP) is 2.61. The van der Waals surface area contributed by atoms with Crippen molar-refractivity contribution >= 4 is 17.1 Å². The molecule has 2 aromatic heterocycles. The lowest BCUT2D eigenvalue weighted by molar-refractivity contribution is -0.119. The topological polar surface area (TPSA) is 47.8 Å². The van der Waals surface area contributed by atoms with Gasteiger partial charge < -0.3 is 0 Å². The molecular weight excluding hydrogens is 258 g/mol. The quantitative estimate of drug-likeness (QED) is 0.787. The summed E-state index contributed by atoms with van der Waals surface area (Å²) in [6, 6.07) is 2.12. The van der Waals surface area contributed by atoms with E-state index in [0.29, 0.717) is 12.8 Å². The van der Waals surface area contributed by atoms with E-state index in [2.05, 4.69) is 36.1 Å². The van der Waals surface area contributed by atoms with E-state index in [1.807, 2.05) is 6.20 Å². The molecule has 0 spiro atoms. The van der Waals surface area contributed by atoms with Crippen molar-refractivity contribution in [1.29, 1.82) is 0 Å². The fourth-order valence-electron chi connectivity index (χ4n) is 1.85. The fraction of sp³-hybridized carbons (Fsp3) is 0.357. The van der Waals surface area contributed by atoms with Gasteiger partial charge in [0.1, 0.15) is 12.2 Å². The Balaban J connectivity index is 2.09. The highest BCUT2D eigenvalue weighted by Gasteiger charge is 2.11.